The molecule has 2 aliphatic heterocycles. The maximum absolute atomic E-state index is 12.8. The Bertz CT molecular complexity index is 1180. The number of thioether (sulfide) groups is 2. The Hall–Kier alpha value is -2.38. The molecule has 0 bridgehead atoms. The first-order valence-electron chi connectivity index (χ1n) is 11.0. The van der Waals surface area contributed by atoms with Crippen LogP contribution in [0, 0.1) is 0 Å². The summed E-state index contributed by atoms with van der Waals surface area (Å²) in [6.07, 6.45) is 3.55. The van der Waals surface area contributed by atoms with Crippen molar-refractivity contribution < 1.29 is 29.1 Å². The minimum absolute atomic E-state index is 0.0554. The second-order valence-electron chi connectivity index (χ2n) is 8.82. The third-order valence-corrected chi connectivity index (χ3v) is 9.21. The first-order valence-corrected chi connectivity index (χ1v) is 13.8. The highest BCUT2D eigenvalue weighted by atomic mass is 32.2. The molecule has 0 radical (unpaired) electrons. The Morgan fingerprint density at radius 3 is 2.86 bits per heavy atom. The van der Waals surface area contributed by atoms with Gasteiger partial charge < -0.3 is 24.8 Å². The van der Waals surface area contributed by atoms with Crippen LogP contribution in [0.25, 0.3) is 10.2 Å². The van der Waals surface area contributed by atoms with Crippen molar-refractivity contribution in [3.63, 3.8) is 0 Å². The van der Waals surface area contributed by atoms with Gasteiger partial charge in [-0.05, 0) is 23.8 Å². The monoisotopic (exact) mass is 534 g/mol. The molecule has 1 aromatic carbocycles. The fraction of sp³-hybridized carbons (Fsp3) is 0.391. The van der Waals surface area contributed by atoms with Crippen LogP contribution in [0.2, 0.25) is 0 Å². The third kappa shape index (κ3) is 5.72. The number of carbonyl (C=O) groups is 3. The molecule has 9 nitrogen and oxygen atoms in total. The lowest BCUT2D eigenvalue weighted by molar-refractivity contribution is -0.884. The smallest absolute Gasteiger partial charge is 0.253 e. The first-order chi connectivity index (χ1) is 16.7. The number of nitrogens with one attached hydrogen (secondary N) is 1. The van der Waals surface area contributed by atoms with Gasteiger partial charge in [-0.25, -0.2) is 4.98 Å². The number of β-lactam (4-membered cyclic amide) rings is 1. The normalized spacial score (nSPS) is 20.3. The van der Waals surface area contributed by atoms with Gasteiger partial charge in [-0.15, -0.1) is 23.1 Å². The summed E-state index contributed by atoms with van der Waals surface area (Å²) in [5.41, 5.74) is 1.24. The maximum Gasteiger partial charge on any atom is 0.253 e. The number of quaternary nitrogens is 1. The van der Waals surface area contributed by atoms with Gasteiger partial charge in [0.2, 0.25) is 5.91 Å². The number of aliphatic carboxylic acids is 1. The lowest BCUT2D eigenvalue weighted by Crippen LogP contribution is -2.71. The van der Waals surface area contributed by atoms with Crippen molar-refractivity contribution in [2.45, 2.75) is 15.8 Å². The molecule has 0 saturated carbocycles. The van der Waals surface area contributed by atoms with E-state index in [-0.39, 0.29) is 24.0 Å². The molecule has 1 aromatic heterocycles. The fourth-order valence-corrected chi connectivity index (χ4v) is 7.06. The Kier molecular flexibility index (Phi) is 7.86. The number of carbonyl (C=O) groups excluding carboxylic acids is 3. The summed E-state index contributed by atoms with van der Waals surface area (Å²) in [7, 11) is 3.92. The average molecular weight is 535 g/mol. The Balaban J connectivity index is 1.37. The molecular formula is C23H26N4O5S3. The number of thiazole rings is 1. The van der Waals surface area contributed by atoms with Gasteiger partial charge >= 0.3 is 0 Å². The molecule has 0 spiro atoms. The van der Waals surface area contributed by atoms with Gasteiger partial charge in [0.1, 0.15) is 18.0 Å². The number of aliphatic hydroxyl groups is 1. The standard InChI is InChI=1S/C23H26N4O5S3/c1-27(2,10-11-28)9-5-6-14-12-33-21-18(20(30)26(21)19(14)22(31)32)25-17(29)13-34-23-24-15-7-3-4-8-16(15)35-23/h3-8,18,21,28H,9-13H2,1-2H3,(H-,25,29,31,32)/b6-5+/t18-,21-/m1/s1. The number of fused-ring (bicyclic) bond motifs is 2. The zero-order valence-electron chi connectivity index (χ0n) is 19.3. The van der Waals surface area contributed by atoms with Crippen LogP contribution in [0.4, 0.5) is 0 Å². The lowest BCUT2D eigenvalue weighted by atomic mass is 10.0. The van der Waals surface area contributed by atoms with Crippen molar-refractivity contribution in [1.29, 1.82) is 0 Å². The molecule has 2 amide bonds. The molecule has 2 aliphatic rings. The molecule has 2 N–H and O–H groups in total. The zero-order chi connectivity index (χ0) is 25.2. The van der Waals surface area contributed by atoms with E-state index in [0.717, 1.165) is 14.6 Å². The Morgan fingerprint density at radius 1 is 1.37 bits per heavy atom. The van der Waals surface area contributed by atoms with Crippen LogP contribution in [0.1, 0.15) is 0 Å². The molecular weight excluding hydrogens is 508 g/mol. The van der Waals surface area contributed by atoms with E-state index in [1.165, 1.54) is 39.8 Å². The van der Waals surface area contributed by atoms with Crippen LogP contribution >= 0.6 is 34.9 Å². The minimum atomic E-state index is -1.41. The van der Waals surface area contributed by atoms with Gasteiger partial charge in [0, 0.05) is 5.75 Å². The molecule has 4 rings (SSSR count). The largest absolute Gasteiger partial charge is 0.543 e. The highest BCUT2D eigenvalue weighted by Crippen LogP contribution is 2.40. The second kappa shape index (κ2) is 10.7. The fourth-order valence-electron chi connectivity index (χ4n) is 3.86. The summed E-state index contributed by atoms with van der Waals surface area (Å²) in [6.45, 7) is 1.22. The van der Waals surface area contributed by atoms with Crippen molar-refractivity contribution in [3.05, 3.63) is 47.7 Å². The van der Waals surface area contributed by atoms with Crippen molar-refractivity contribution in [2.24, 2.45) is 0 Å². The van der Waals surface area contributed by atoms with E-state index >= 15 is 0 Å². The SMILES string of the molecule is C[N+](C)(C/C=C/C1=C(C(=O)[O-])N2C(=O)[C@@H](NC(=O)CSc3nc4ccccc4s3)[C@H]2SC1)CCO. The highest BCUT2D eigenvalue weighted by Gasteiger charge is 2.52. The van der Waals surface area contributed by atoms with E-state index in [1.54, 1.807) is 6.08 Å². The summed E-state index contributed by atoms with van der Waals surface area (Å²) in [6, 6.07) is 6.96. The van der Waals surface area contributed by atoms with Gasteiger partial charge in [-0.1, -0.05) is 30.0 Å². The number of rotatable bonds is 10. The summed E-state index contributed by atoms with van der Waals surface area (Å²) in [5.74, 6) is -1.68. The zero-order valence-corrected chi connectivity index (χ0v) is 21.8. The maximum atomic E-state index is 12.8. The topological polar surface area (TPSA) is 123 Å². The van der Waals surface area contributed by atoms with Gasteiger partial charge in [-0.2, -0.15) is 0 Å². The second-order valence-corrected chi connectivity index (χ2v) is 12.2. The van der Waals surface area contributed by atoms with E-state index in [4.69, 9.17) is 5.11 Å². The van der Waals surface area contributed by atoms with Crippen LogP contribution in [0.3, 0.4) is 0 Å². The number of carboxylic acid groups (broad SMARTS) is 1. The number of nitrogens with zero attached hydrogens (tertiary/aromatic N) is 3. The number of likely N-dealkylation sites (N-methyl/N-ethyl adjacent to an activating group) is 1. The average Bonchev–Trinajstić information content (AvgIpc) is 3.23. The van der Waals surface area contributed by atoms with Crippen molar-refractivity contribution in [3.8, 4) is 0 Å². The minimum Gasteiger partial charge on any atom is -0.543 e. The molecule has 186 valence electrons. The number of para-hydroxylation sites is 1. The van der Waals surface area contributed by atoms with Gasteiger partial charge in [0.25, 0.3) is 5.91 Å². The molecule has 0 unspecified atom stereocenters. The van der Waals surface area contributed by atoms with Crippen LogP contribution in [-0.2, 0) is 14.4 Å². The number of carboxylic acids is 1. The molecule has 2 aromatic rings. The molecule has 2 atom stereocenters. The van der Waals surface area contributed by atoms with E-state index in [1.807, 2.05) is 44.4 Å². The number of aliphatic hydroxyl groups excluding tert-OH is 1. The number of hydrogen-bond acceptors (Lipinski definition) is 9. The Morgan fingerprint density at radius 2 is 2.14 bits per heavy atom. The van der Waals surface area contributed by atoms with Gasteiger partial charge in [0.15, 0.2) is 4.34 Å². The quantitative estimate of drug-likeness (QED) is 0.255. The predicted molar refractivity (Wildman–Crippen MR) is 135 cm³/mol. The number of amides is 2. The summed E-state index contributed by atoms with van der Waals surface area (Å²) >= 11 is 4.22. The van der Waals surface area contributed by atoms with E-state index in [9.17, 15) is 19.5 Å². The number of allylic oxidation sites excluding steroid dienone is 1. The summed E-state index contributed by atoms with van der Waals surface area (Å²) in [4.78, 5) is 42.9. The summed E-state index contributed by atoms with van der Waals surface area (Å²) in [5, 5.41) is 23.3. The molecule has 35 heavy (non-hydrogen) atoms. The van der Waals surface area contributed by atoms with Crippen LogP contribution in [-0.4, -0.2) is 94.0 Å². The molecule has 0 aliphatic carbocycles. The van der Waals surface area contributed by atoms with Crippen molar-refractivity contribution in [1.82, 2.24) is 15.2 Å². The van der Waals surface area contributed by atoms with Crippen molar-refractivity contribution in [2.75, 3.05) is 45.3 Å². The van der Waals surface area contributed by atoms with Crippen LogP contribution in [0.15, 0.2) is 52.0 Å². The van der Waals surface area contributed by atoms with Gasteiger partial charge in [-0.3, -0.25) is 14.5 Å². The van der Waals surface area contributed by atoms with E-state index in [0.29, 0.717) is 28.9 Å². The molecule has 1 saturated heterocycles. The highest BCUT2D eigenvalue weighted by molar-refractivity contribution is 8.01. The third-order valence-electron chi connectivity index (χ3n) is 5.73. The summed E-state index contributed by atoms with van der Waals surface area (Å²) < 4.78 is 2.36. The predicted octanol–water partition coefficient (Wildman–Crippen LogP) is 0.417. The molecule has 3 heterocycles. The molecule has 12 heteroatoms. The van der Waals surface area contributed by atoms with Crippen LogP contribution < -0.4 is 10.4 Å². The van der Waals surface area contributed by atoms with Gasteiger partial charge in [0.05, 0.1) is 54.9 Å². The molecule has 1 fully saturated rings. The number of hydrogen-bond donors (Lipinski definition) is 2. The first kappa shape index (κ1) is 25.7. The van der Waals surface area contributed by atoms with Crippen LogP contribution in [0.5, 0.6) is 0 Å². The lowest BCUT2D eigenvalue weighted by Gasteiger charge is -2.50. The van der Waals surface area contributed by atoms with E-state index < -0.39 is 23.3 Å². The number of aromatic nitrogens is 1. The number of benzene rings is 1. The van der Waals surface area contributed by atoms with Crippen molar-refractivity contribution >= 4 is 62.9 Å². The Labute approximate surface area is 215 Å². The van der Waals surface area contributed by atoms with E-state index in [2.05, 4.69) is 10.3 Å².